The Kier molecular flexibility index (Phi) is 4.13. The van der Waals surface area contributed by atoms with Crippen LogP contribution in [0.25, 0.3) is 0 Å². The molecule has 94 valence electrons. The smallest absolute Gasteiger partial charge is 0.0544 e. The van der Waals surface area contributed by atoms with Crippen LogP contribution >= 0.6 is 0 Å². The molecule has 2 heterocycles. The Morgan fingerprint density at radius 2 is 2.12 bits per heavy atom. The zero-order valence-corrected chi connectivity index (χ0v) is 10.8. The first kappa shape index (κ1) is 12.5. The quantitative estimate of drug-likeness (QED) is 0.868. The standard InChI is InChI=1S/C14H22N2O/c1-12-4-3-5-13(16-12)10-15-11-14(2)6-8-17-9-7-14/h3-5,15H,6-11H2,1-2H3. The minimum absolute atomic E-state index is 0.391. The number of aromatic nitrogens is 1. The summed E-state index contributed by atoms with van der Waals surface area (Å²) in [4.78, 5) is 4.49. The zero-order valence-electron chi connectivity index (χ0n) is 10.8. The molecule has 1 aliphatic heterocycles. The summed E-state index contributed by atoms with van der Waals surface area (Å²) in [6, 6.07) is 6.17. The van der Waals surface area contributed by atoms with Crippen LogP contribution in [0.1, 0.15) is 31.2 Å². The van der Waals surface area contributed by atoms with Crippen LogP contribution in [0.15, 0.2) is 18.2 Å². The van der Waals surface area contributed by atoms with Crippen LogP contribution in [0.5, 0.6) is 0 Å². The van der Waals surface area contributed by atoms with Crippen molar-refractivity contribution in [3.05, 3.63) is 29.6 Å². The largest absolute Gasteiger partial charge is 0.381 e. The van der Waals surface area contributed by atoms with Crippen molar-refractivity contribution in [1.82, 2.24) is 10.3 Å². The van der Waals surface area contributed by atoms with E-state index in [0.29, 0.717) is 5.41 Å². The van der Waals surface area contributed by atoms with E-state index in [4.69, 9.17) is 4.74 Å². The van der Waals surface area contributed by atoms with Crippen LogP contribution in [-0.2, 0) is 11.3 Å². The lowest BCUT2D eigenvalue weighted by atomic mass is 9.82. The number of ether oxygens (including phenoxy) is 1. The van der Waals surface area contributed by atoms with Gasteiger partial charge in [0.25, 0.3) is 0 Å². The van der Waals surface area contributed by atoms with Gasteiger partial charge in [0, 0.05) is 32.0 Å². The molecule has 0 spiro atoms. The van der Waals surface area contributed by atoms with E-state index in [9.17, 15) is 0 Å². The van der Waals surface area contributed by atoms with Crippen LogP contribution in [0.3, 0.4) is 0 Å². The molecule has 0 bridgehead atoms. The van der Waals surface area contributed by atoms with Gasteiger partial charge in [-0.25, -0.2) is 0 Å². The summed E-state index contributed by atoms with van der Waals surface area (Å²) in [5, 5.41) is 3.52. The second-order valence-corrected chi connectivity index (χ2v) is 5.30. The average Bonchev–Trinajstić information content (AvgIpc) is 2.30. The van der Waals surface area contributed by atoms with E-state index in [-0.39, 0.29) is 0 Å². The zero-order chi connectivity index (χ0) is 12.1. The number of hydrogen-bond acceptors (Lipinski definition) is 3. The molecule has 1 saturated heterocycles. The van der Waals surface area contributed by atoms with Crippen molar-refractivity contribution in [2.45, 2.75) is 33.2 Å². The number of rotatable bonds is 4. The molecule has 0 atom stereocenters. The van der Waals surface area contributed by atoms with Gasteiger partial charge in [-0.05, 0) is 37.3 Å². The number of nitrogens with one attached hydrogen (secondary N) is 1. The molecule has 3 heteroatoms. The van der Waals surface area contributed by atoms with Gasteiger partial charge in [0.05, 0.1) is 5.69 Å². The molecule has 0 aromatic carbocycles. The molecule has 1 fully saturated rings. The molecule has 0 radical (unpaired) electrons. The number of nitrogens with zero attached hydrogens (tertiary/aromatic N) is 1. The molecule has 1 N–H and O–H groups in total. The Bertz CT molecular complexity index is 359. The Hall–Kier alpha value is -0.930. The van der Waals surface area contributed by atoms with Crippen LogP contribution in [0.4, 0.5) is 0 Å². The molecule has 1 aromatic rings. The van der Waals surface area contributed by atoms with Crippen molar-refractivity contribution in [2.24, 2.45) is 5.41 Å². The molecule has 0 unspecified atom stereocenters. The van der Waals surface area contributed by atoms with Gasteiger partial charge in [-0.2, -0.15) is 0 Å². The molecular weight excluding hydrogens is 212 g/mol. The minimum atomic E-state index is 0.391. The van der Waals surface area contributed by atoms with E-state index in [1.807, 2.05) is 13.0 Å². The fourth-order valence-electron chi connectivity index (χ4n) is 2.23. The number of pyridine rings is 1. The first-order valence-corrected chi connectivity index (χ1v) is 6.39. The van der Waals surface area contributed by atoms with Gasteiger partial charge in [0.2, 0.25) is 0 Å². The summed E-state index contributed by atoms with van der Waals surface area (Å²) < 4.78 is 5.41. The van der Waals surface area contributed by atoms with E-state index in [0.717, 1.165) is 50.5 Å². The Balaban J connectivity index is 1.79. The molecule has 17 heavy (non-hydrogen) atoms. The van der Waals surface area contributed by atoms with Gasteiger partial charge in [-0.15, -0.1) is 0 Å². The van der Waals surface area contributed by atoms with Crippen molar-refractivity contribution in [2.75, 3.05) is 19.8 Å². The predicted octanol–water partition coefficient (Wildman–Crippen LogP) is 2.30. The molecular formula is C14H22N2O. The number of hydrogen-bond donors (Lipinski definition) is 1. The number of aryl methyl sites for hydroxylation is 1. The summed E-state index contributed by atoms with van der Waals surface area (Å²) in [5.74, 6) is 0. The summed E-state index contributed by atoms with van der Waals surface area (Å²) in [6.07, 6.45) is 2.31. The molecule has 0 amide bonds. The average molecular weight is 234 g/mol. The van der Waals surface area contributed by atoms with Crippen LogP contribution in [0, 0.1) is 12.3 Å². The van der Waals surface area contributed by atoms with Crippen molar-refractivity contribution >= 4 is 0 Å². The Labute approximate surface area is 104 Å². The molecule has 3 nitrogen and oxygen atoms in total. The predicted molar refractivity (Wildman–Crippen MR) is 68.8 cm³/mol. The molecule has 0 aliphatic carbocycles. The maximum absolute atomic E-state index is 5.41. The topological polar surface area (TPSA) is 34.1 Å². The van der Waals surface area contributed by atoms with Crippen LogP contribution < -0.4 is 5.32 Å². The summed E-state index contributed by atoms with van der Waals surface area (Å²) in [7, 11) is 0. The first-order chi connectivity index (χ1) is 8.18. The van der Waals surface area contributed by atoms with Crippen molar-refractivity contribution < 1.29 is 4.74 Å². The van der Waals surface area contributed by atoms with E-state index < -0.39 is 0 Å². The lowest BCUT2D eigenvalue weighted by molar-refractivity contribution is 0.0240. The summed E-state index contributed by atoms with van der Waals surface area (Å²) >= 11 is 0. The molecule has 0 saturated carbocycles. The monoisotopic (exact) mass is 234 g/mol. The molecule has 1 aliphatic rings. The van der Waals surface area contributed by atoms with Crippen LogP contribution in [-0.4, -0.2) is 24.7 Å². The van der Waals surface area contributed by atoms with Gasteiger partial charge < -0.3 is 10.1 Å². The fraction of sp³-hybridized carbons (Fsp3) is 0.643. The lowest BCUT2D eigenvalue weighted by Gasteiger charge is -2.33. The Morgan fingerprint density at radius 1 is 1.35 bits per heavy atom. The maximum atomic E-state index is 5.41. The van der Waals surface area contributed by atoms with E-state index in [2.05, 4.69) is 29.4 Å². The minimum Gasteiger partial charge on any atom is -0.381 e. The van der Waals surface area contributed by atoms with Gasteiger partial charge in [0.1, 0.15) is 0 Å². The van der Waals surface area contributed by atoms with E-state index in [1.165, 1.54) is 0 Å². The third kappa shape index (κ3) is 3.79. The van der Waals surface area contributed by atoms with Gasteiger partial charge >= 0.3 is 0 Å². The first-order valence-electron chi connectivity index (χ1n) is 6.39. The van der Waals surface area contributed by atoms with Gasteiger partial charge in [-0.1, -0.05) is 13.0 Å². The third-order valence-electron chi connectivity index (χ3n) is 3.50. The molecule has 1 aromatic heterocycles. The van der Waals surface area contributed by atoms with Gasteiger partial charge in [-0.3, -0.25) is 4.98 Å². The van der Waals surface area contributed by atoms with Crippen molar-refractivity contribution in [3.8, 4) is 0 Å². The SMILES string of the molecule is Cc1cccc(CNCC2(C)CCOCC2)n1. The highest BCUT2D eigenvalue weighted by Crippen LogP contribution is 2.28. The van der Waals surface area contributed by atoms with E-state index in [1.54, 1.807) is 0 Å². The second kappa shape index (κ2) is 5.61. The van der Waals surface area contributed by atoms with E-state index >= 15 is 0 Å². The van der Waals surface area contributed by atoms with Gasteiger partial charge in [0.15, 0.2) is 0 Å². The normalized spacial score (nSPS) is 19.2. The Morgan fingerprint density at radius 3 is 2.82 bits per heavy atom. The highest BCUT2D eigenvalue weighted by molar-refractivity contribution is 5.09. The third-order valence-corrected chi connectivity index (χ3v) is 3.50. The molecule has 2 rings (SSSR count). The highest BCUT2D eigenvalue weighted by atomic mass is 16.5. The fourth-order valence-corrected chi connectivity index (χ4v) is 2.23. The summed E-state index contributed by atoms with van der Waals surface area (Å²) in [6.45, 7) is 8.08. The van der Waals surface area contributed by atoms with Crippen molar-refractivity contribution in [1.29, 1.82) is 0 Å². The lowest BCUT2D eigenvalue weighted by Crippen LogP contribution is -2.36. The summed E-state index contributed by atoms with van der Waals surface area (Å²) in [5.41, 5.74) is 2.60. The maximum Gasteiger partial charge on any atom is 0.0544 e. The second-order valence-electron chi connectivity index (χ2n) is 5.30. The highest BCUT2D eigenvalue weighted by Gasteiger charge is 2.26. The van der Waals surface area contributed by atoms with Crippen LogP contribution in [0.2, 0.25) is 0 Å². The van der Waals surface area contributed by atoms with Crippen molar-refractivity contribution in [3.63, 3.8) is 0 Å².